The topological polar surface area (TPSA) is 41.6 Å². The standard InChI is InChI=1S/C19H19F3N2O2S/c20-19(21,22)13-2-1-3-14(10-13)26-17-5-4-16(27-17)18(25)23-15-11-24-8-6-12(15)7-9-24/h1-5,10,12,15H,6-9,11H2,(H,23,25)/t15-/m0/s1. The summed E-state index contributed by atoms with van der Waals surface area (Å²) in [6.07, 6.45) is -2.20. The number of nitrogens with one attached hydrogen (secondary N) is 1. The number of rotatable bonds is 4. The second-order valence-corrected chi connectivity index (χ2v) is 8.01. The summed E-state index contributed by atoms with van der Waals surface area (Å²) in [4.78, 5) is 15.4. The molecule has 3 saturated heterocycles. The molecule has 1 N–H and O–H groups in total. The first-order valence-corrected chi connectivity index (χ1v) is 9.68. The molecule has 2 aromatic rings. The van der Waals surface area contributed by atoms with E-state index in [-0.39, 0.29) is 17.7 Å². The smallest absolute Gasteiger partial charge is 0.416 e. The minimum Gasteiger partial charge on any atom is -0.447 e. The molecule has 1 aromatic carbocycles. The molecule has 0 radical (unpaired) electrons. The number of halogens is 3. The zero-order valence-corrected chi connectivity index (χ0v) is 15.3. The Labute approximate surface area is 158 Å². The summed E-state index contributed by atoms with van der Waals surface area (Å²) in [5.41, 5.74) is -0.767. The van der Waals surface area contributed by atoms with Gasteiger partial charge in [-0.15, -0.1) is 0 Å². The maximum Gasteiger partial charge on any atom is 0.416 e. The monoisotopic (exact) mass is 396 g/mol. The van der Waals surface area contributed by atoms with Gasteiger partial charge in [-0.2, -0.15) is 13.2 Å². The van der Waals surface area contributed by atoms with E-state index in [0.29, 0.717) is 15.9 Å². The van der Waals surface area contributed by atoms with Crippen molar-refractivity contribution < 1.29 is 22.7 Å². The quantitative estimate of drug-likeness (QED) is 0.834. The van der Waals surface area contributed by atoms with Crippen molar-refractivity contribution in [2.24, 2.45) is 5.92 Å². The van der Waals surface area contributed by atoms with E-state index in [1.807, 2.05) is 0 Å². The number of benzene rings is 1. The SMILES string of the molecule is O=C(N[C@H]1CN2CCC1CC2)c1ccc(Oc2cccc(C(F)(F)F)c2)s1. The summed E-state index contributed by atoms with van der Waals surface area (Å²) in [5, 5.41) is 3.48. The van der Waals surface area contributed by atoms with Gasteiger partial charge in [0.1, 0.15) is 5.75 Å². The Hall–Kier alpha value is -2.06. The number of ether oxygens (including phenoxy) is 1. The second kappa shape index (κ2) is 7.16. The zero-order chi connectivity index (χ0) is 19.0. The van der Waals surface area contributed by atoms with Crippen molar-refractivity contribution in [2.75, 3.05) is 19.6 Å². The molecule has 8 heteroatoms. The van der Waals surface area contributed by atoms with E-state index in [4.69, 9.17) is 4.74 Å². The van der Waals surface area contributed by atoms with Gasteiger partial charge in [0.15, 0.2) is 5.06 Å². The molecule has 3 aliphatic heterocycles. The van der Waals surface area contributed by atoms with E-state index in [2.05, 4.69) is 10.2 Å². The average Bonchev–Trinajstić information content (AvgIpc) is 3.11. The lowest BCUT2D eigenvalue weighted by Crippen LogP contribution is -2.57. The van der Waals surface area contributed by atoms with Crippen LogP contribution in [0, 0.1) is 5.92 Å². The van der Waals surface area contributed by atoms with Gasteiger partial charge in [0.25, 0.3) is 5.91 Å². The number of amides is 1. The predicted octanol–water partition coefficient (Wildman–Crippen LogP) is 4.38. The molecular formula is C19H19F3N2O2S. The number of hydrogen-bond acceptors (Lipinski definition) is 4. The van der Waals surface area contributed by atoms with Crippen LogP contribution in [0.15, 0.2) is 36.4 Å². The number of alkyl halides is 3. The van der Waals surface area contributed by atoms with Gasteiger partial charge in [-0.1, -0.05) is 17.4 Å². The van der Waals surface area contributed by atoms with Crippen LogP contribution in [-0.4, -0.2) is 36.5 Å². The number of carbonyl (C=O) groups is 1. The van der Waals surface area contributed by atoms with Gasteiger partial charge >= 0.3 is 6.18 Å². The molecule has 0 spiro atoms. The summed E-state index contributed by atoms with van der Waals surface area (Å²) in [6.45, 7) is 3.09. The predicted molar refractivity (Wildman–Crippen MR) is 96.3 cm³/mol. The van der Waals surface area contributed by atoms with Crippen LogP contribution in [0.4, 0.5) is 13.2 Å². The van der Waals surface area contributed by atoms with Crippen LogP contribution in [0.5, 0.6) is 10.8 Å². The van der Waals surface area contributed by atoms with Crippen molar-refractivity contribution in [2.45, 2.75) is 25.1 Å². The summed E-state index contributed by atoms with van der Waals surface area (Å²) >= 11 is 1.13. The highest BCUT2D eigenvalue weighted by Crippen LogP contribution is 2.35. The minimum absolute atomic E-state index is 0.0935. The molecule has 1 aromatic heterocycles. The Kier molecular flexibility index (Phi) is 4.86. The molecule has 0 unspecified atom stereocenters. The molecule has 0 saturated carbocycles. The van der Waals surface area contributed by atoms with E-state index in [1.165, 1.54) is 12.1 Å². The van der Waals surface area contributed by atoms with Crippen LogP contribution in [0.2, 0.25) is 0 Å². The number of fused-ring (bicyclic) bond motifs is 3. The summed E-state index contributed by atoms with van der Waals surface area (Å²) in [7, 11) is 0. The molecule has 4 nitrogen and oxygen atoms in total. The Morgan fingerprint density at radius 3 is 2.63 bits per heavy atom. The van der Waals surface area contributed by atoms with E-state index in [0.717, 1.165) is 55.9 Å². The molecular weight excluding hydrogens is 377 g/mol. The van der Waals surface area contributed by atoms with Crippen molar-refractivity contribution in [1.82, 2.24) is 10.2 Å². The highest BCUT2D eigenvalue weighted by Gasteiger charge is 2.35. The highest BCUT2D eigenvalue weighted by atomic mass is 32.1. The lowest BCUT2D eigenvalue weighted by atomic mass is 9.84. The summed E-state index contributed by atoms with van der Waals surface area (Å²) in [6, 6.07) is 8.12. The van der Waals surface area contributed by atoms with Gasteiger partial charge in [0.05, 0.1) is 10.4 Å². The minimum atomic E-state index is -4.42. The number of carbonyl (C=O) groups excluding carboxylic acids is 1. The van der Waals surface area contributed by atoms with Crippen LogP contribution in [0.3, 0.4) is 0 Å². The number of piperidine rings is 3. The van der Waals surface area contributed by atoms with Crippen LogP contribution in [0.1, 0.15) is 28.1 Å². The molecule has 5 rings (SSSR count). The maximum atomic E-state index is 12.8. The van der Waals surface area contributed by atoms with Gasteiger partial charge in [-0.3, -0.25) is 4.79 Å². The van der Waals surface area contributed by atoms with Gasteiger partial charge in [-0.25, -0.2) is 0 Å². The van der Waals surface area contributed by atoms with Crippen LogP contribution in [-0.2, 0) is 6.18 Å². The third-order valence-corrected chi connectivity index (χ3v) is 6.12. The number of hydrogen-bond donors (Lipinski definition) is 1. The first-order chi connectivity index (χ1) is 12.9. The molecule has 3 fully saturated rings. The largest absolute Gasteiger partial charge is 0.447 e. The zero-order valence-electron chi connectivity index (χ0n) is 14.5. The van der Waals surface area contributed by atoms with Gasteiger partial charge in [0.2, 0.25) is 0 Å². The van der Waals surface area contributed by atoms with Gasteiger partial charge < -0.3 is 15.0 Å². The first kappa shape index (κ1) is 18.3. The molecule has 4 heterocycles. The first-order valence-electron chi connectivity index (χ1n) is 8.87. The molecule has 0 aliphatic carbocycles. The van der Waals surface area contributed by atoms with E-state index in [9.17, 15) is 18.0 Å². The van der Waals surface area contributed by atoms with Crippen LogP contribution >= 0.6 is 11.3 Å². The molecule has 3 aliphatic rings. The Morgan fingerprint density at radius 1 is 1.19 bits per heavy atom. The van der Waals surface area contributed by atoms with Crippen LogP contribution < -0.4 is 10.1 Å². The maximum absolute atomic E-state index is 12.8. The number of nitrogens with zero attached hydrogens (tertiary/aromatic N) is 1. The molecule has 27 heavy (non-hydrogen) atoms. The highest BCUT2D eigenvalue weighted by molar-refractivity contribution is 7.15. The fraction of sp³-hybridized carbons (Fsp3) is 0.421. The van der Waals surface area contributed by atoms with E-state index in [1.54, 1.807) is 12.1 Å². The Balaban J connectivity index is 1.40. The average molecular weight is 396 g/mol. The van der Waals surface area contributed by atoms with Crippen LogP contribution in [0.25, 0.3) is 0 Å². The summed E-state index contributed by atoms with van der Waals surface area (Å²) < 4.78 is 43.9. The summed E-state index contributed by atoms with van der Waals surface area (Å²) in [5.74, 6) is 0.466. The molecule has 1 atom stereocenters. The third-order valence-electron chi connectivity index (χ3n) is 5.16. The van der Waals surface area contributed by atoms with Crippen molar-refractivity contribution in [3.63, 3.8) is 0 Å². The van der Waals surface area contributed by atoms with E-state index < -0.39 is 11.7 Å². The lowest BCUT2D eigenvalue weighted by molar-refractivity contribution is -0.137. The Bertz CT molecular complexity index is 828. The normalized spacial score (nSPS) is 24.6. The van der Waals surface area contributed by atoms with Crippen molar-refractivity contribution in [1.29, 1.82) is 0 Å². The van der Waals surface area contributed by atoms with Gasteiger partial charge in [0, 0.05) is 12.6 Å². The van der Waals surface area contributed by atoms with E-state index >= 15 is 0 Å². The fourth-order valence-corrected chi connectivity index (χ4v) is 4.50. The van der Waals surface area contributed by atoms with Crippen molar-refractivity contribution >= 4 is 17.2 Å². The third kappa shape index (κ3) is 4.11. The molecule has 2 bridgehead atoms. The van der Waals surface area contributed by atoms with Gasteiger partial charge in [-0.05, 0) is 62.2 Å². The second-order valence-electron chi connectivity index (χ2n) is 6.96. The Morgan fingerprint density at radius 2 is 1.96 bits per heavy atom. The van der Waals surface area contributed by atoms with Crippen molar-refractivity contribution in [3.8, 4) is 10.8 Å². The van der Waals surface area contributed by atoms with Crippen molar-refractivity contribution in [3.05, 3.63) is 46.8 Å². The fourth-order valence-electron chi connectivity index (χ4n) is 3.72. The lowest BCUT2D eigenvalue weighted by Gasteiger charge is -2.44. The molecule has 1 amide bonds. The number of thiophene rings is 1. The molecule has 144 valence electrons.